The topological polar surface area (TPSA) is 101 Å². The Kier molecular flexibility index (Phi) is 7.78. The van der Waals surface area contributed by atoms with Crippen molar-refractivity contribution in [2.24, 2.45) is 0 Å². The summed E-state index contributed by atoms with van der Waals surface area (Å²) in [7, 11) is 0. The fourth-order valence-corrected chi connectivity index (χ4v) is 3.07. The summed E-state index contributed by atoms with van der Waals surface area (Å²) >= 11 is 5.98. The molecule has 0 bridgehead atoms. The van der Waals surface area contributed by atoms with Crippen molar-refractivity contribution in [1.29, 1.82) is 0 Å². The Labute approximate surface area is 172 Å². The average Bonchev–Trinajstić information content (AvgIpc) is 2.66. The molecule has 2 rings (SSSR count). The quantitative estimate of drug-likeness (QED) is 0.638. The van der Waals surface area contributed by atoms with Crippen LogP contribution < -0.4 is 21.9 Å². The number of carbonyl (C=O) groups is 1. The number of unbranched alkanes of at least 4 members (excludes halogenated alkanes) is 1. The fourth-order valence-electron chi connectivity index (χ4n) is 2.85. The molecule has 1 heterocycles. The third-order valence-electron chi connectivity index (χ3n) is 4.32. The number of anilines is 2. The minimum absolute atomic E-state index is 0.0637. The van der Waals surface area contributed by atoms with Gasteiger partial charge in [0.2, 0.25) is 0 Å². The van der Waals surface area contributed by atoms with E-state index >= 15 is 0 Å². The normalized spacial score (nSPS) is 11.2. The Morgan fingerprint density at radius 1 is 1.31 bits per heavy atom. The third kappa shape index (κ3) is 5.14. The maximum Gasteiger partial charge on any atom is 0.330 e. The van der Waals surface area contributed by atoms with Gasteiger partial charge in [-0.1, -0.05) is 37.9 Å². The second-order valence-corrected chi connectivity index (χ2v) is 6.86. The minimum atomic E-state index is -0.751. The van der Waals surface area contributed by atoms with E-state index in [9.17, 15) is 18.8 Å². The van der Waals surface area contributed by atoms with E-state index in [1.165, 1.54) is 33.7 Å². The van der Waals surface area contributed by atoms with Crippen LogP contribution in [0.25, 0.3) is 6.08 Å². The first-order chi connectivity index (χ1) is 13.8. The van der Waals surface area contributed by atoms with Crippen LogP contribution in [0, 0.1) is 5.82 Å². The number of hydrogen-bond acceptors (Lipinski definition) is 4. The number of amides is 1. The maximum atomic E-state index is 13.9. The van der Waals surface area contributed by atoms with E-state index in [1.54, 1.807) is 0 Å². The predicted molar refractivity (Wildman–Crippen MR) is 114 cm³/mol. The molecule has 156 valence electrons. The molecular formula is C20H24ClFN4O3. The highest BCUT2D eigenvalue weighted by atomic mass is 35.5. The molecular weight excluding hydrogens is 399 g/mol. The van der Waals surface area contributed by atoms with Crippen molar-refractivity contribution in [3.63, 3.8) is 0 Å². The molecule has 0 spiro atoms. The van der Waals surface area contributed by atoms with Gasteiger partial charge in [-0.05, 0) is 31.1 Å². The molecule has 0 atom stereocenters. The number of hydrogen-bond donors (Lipinski definition) is 2. The number of halogens is 2. The molecule has 1 amide bonds. The summed E-state index contributed by atoms with van der Waals surface area (Å²) in [5.74, 6) is -1.23. The van der Waals surface area contributed by atoms with Crippen LogP contribution in [0.5, 0.6) is 0 Å². The van der Waals surface area contributed by atoms with Gasteiger partial charge < -0.3 is 10.6 Å². The van der Waals surface area contributed by atoms with E-state index in [2.05, 4.69) is 4.98 Å². The van der Waals surface area contributed by atoms with E-state index in [4.69, 9.17) is 17.3 Å². The summed E-state index contributed by atoms with van der Waals surface area (Å²) in [4.78, 5) is 40.8. The van der Waals surface area contributed by atoms with Crippen LogP contribution in [0.2, 0.25) is 5.02 Å². The summed E-state index contributed by atoms with van der Waals surface area (Å²) in [6.07, 6.45) is 4.42. The molecule has 2 aromatic rings. The molecule has 3 N–H and O–H groups in total. The number of nitrogens with zero attached hydrogens (tertiary/aromatic N) is 2. The zero-order chi connectivity index (χ0) is 21.6. The van der Waals surface area contributed by atoms with Crippen molar-refractivity contribution < 1.29 is 9.18 Å². The standard InChI is InChI=1S/C20H24ClFN4O3/c1-3-5-12-26-18(23)17(19(28)24-20(26)29)25(11-4-2)16(27)10-9-13-14(21)7-6-8-15(13)22/h6-10H,3-5,11-12,23H2,1-2H3,(H,24,28,29)/b10-9+. The third-order valence-corrected chi connectivity index (χ3v) is 4.65. The molecule has 1 aromatic carbocycles. The number of carbonyl (C=O) groups excluding carboxylic acids is 1. The monoisotopic (exact) mass is 422 g/mol. The molecule has 0 aliphatic rings. The number of nitrogen functional groups attached to an aromatic ring is 1. The smallest absolute Gasteiger partial charge is 0.330 e. The van der Waals surface area contributed by atoms with Gasteiger partial charge in [0.05, 0.1) is 5.02 Å². The Morgan fingerprint density at radius 2 is 2.03 bits per heavy atom. The second kappa shape index (κ2) is 10.1. The Balaban J connectivity index is 2.48. The molecule has 9 heteroatoms. The van der Waals surface area contributed by atoms with Crippen LogP contribution in [-0.2, 0) is 11.3 Å². The lowest BCUT2D eigenvalue weighted by atomic mass is 10.2. The molecule has 0 saturated heterocycles. The van der Waals surface area contributed by atoms with Crippen molar-refractivity contribution in [2.45, 2.75) is 39.7 Å². The molecule has 1 aromatic heterocycles. The molecule has 7 nitrogen and oxygen atoms in total. The zero-order valence-corrected chi connectivity index (χ0v) is 17.1. The van der Waals surface area contributed by atoms with Crippen LogP contribution >= 0.6 is 11.6 Å². The van der Waals surface area contributed by atoms with Gasteiger partial charge in [0.25, 0.3) is 11.5 Å². The number of nitrogens with two attached hydrogens (primary N) is 1. The first kappa shape index (κ1) is 22.4. The van der Waals surface area contributed by atoms with E-state index in [-0.39, 0.29) is 28.6 Å². The first-order valence-corrected chi connectivity index (χ1v) is 9.75. The summed E-state index contributed by atoms with van der Waals surface area (Å²) in [5, 5.41) is 0.154. The lowest BCUT2D eigenvalue weighted by Crippen LogP contribution is -2.41. The maximum absolute atomic E-state index is 13.9. The van der Waals surface area contributed by atoms with Gasteiger partial charge in [0, 0.05) is 24.7 Å². The van der Waals surface area contributed by atoms with Crippen molar-refractivity contribution in [3.05, 3.63) is 61.5 Å². The number of benzene rings is 1. The van der Waals surface area contributed by atoms with Crippen molar-refractivity contribution in [2.75, 3.05) is 17.2 Å². The predicted octanol–water partition coefficient (Wildman–Crippen LogP) is 3.17. The molecule has 0 saturated carbocycles. The van der Waals surface area contributed by atoms with E-state index in [0.717, 1.165) is 12.5 Å². The van der Waals surface area contributed by atoms with Gasteiger partial charge in [0.1, 0.15) is 11.6 Å². The number of aromatic amines is 1. The minimum Gasteiger partial charge on any atom is -0.383 e. The van der Waals surface area contributed by atoms with Crippen LogP contribution in [0.15, 0.2) is 33.9 Å². The summed E-state index contributed by atoms with van der Waals surface area (Å²) < 4.78 is 15.2. The van der Waals surface area contributed by atoms with Gasteiger partial charge in [-0.25, -0.2) is 9.18 Å². The SMILES string of the molecule is CCCCn1c(N)c(N(CCC)C(=O)/C=C/c2c(F)cccc2Cl)c(=O)[nH]c1=O. The Bertz CT molecular complexity index is 1010. The van der Waals surface area contributed by atoms with Crippen molar-refractivity contribution in [1.82, 2.24) is 9.55 Å². The van der Waals surface area contributed by atoms with Crippen LogP contribution in [0.1, 0.15) is 38.7 Å². The van der Waals surface area contributed by atoms with Crippen LogP contribution in [-0.4, -0.2) is 22.0 Å². The van der Waals surface area contributed by atoms with Gasteiger partial charge >= 0.3 is 5.69 Å². The molecule has 0 unspecified atom stereocenters. The van der Waals surface area contributed by atoms with E-state index in [1.807, 2.05) is 13.8 Å². The van der Waals surface area contributed by atoms with Gasteiger partial charge in [-0.2, -0.15) is 0 Å². The highest BCUT2D eigenvalue weighted by Crippen LogP contribution is 2.22. The lowest BCUT2D eigenvalue weighted by molar-refractivity contribution is -0.114. The van der Waals surface area contributed by atoms with Gasteiger partial charge in [-0.15, -0.1) is 0 Å². The number of nitrogens with one attached hydrogen (secondary N) is 1. The number of rotatable bonds is 8. The highest BCUT2D eigenvalue weighted by molar-refractivity contribution is 6.32. The summed E-state index contributed by atoms with van der Waals surface area (Å²) in [5.41, 5.74) is 4.68. The van der Waals surface area contributed by atoms with Crippen LogP contribution in [0.3, 0.4) is 0 Å². The molecule has 29 heavy (non-hydrogen) atoms. The molecule has 0 radical (unpaired) electrons. The lowest BCUT2D eigenvalue weighted by Gasteiger charge is -2.23. The van der Waals surface area contributed by atoms with Gasteiger partial charge in [-0.3, -0.25) is 19.1 Å². The highest BCUT2D eigenvalue weighted by Gasteiger charge is 2.22. The van der Waals surface area contributed by atoms with Crippen molar-refractivity contribution >= 4 is 35.1 Å². The van der Waals surface area contributed by atoms with E-state index < -0.39 is 23.0 Å². The van der Waals surface area contributed by atoms with Gasteiger partial charge in [0.15, 0.2) is 5.69 Å². The molecule has 0 aliphatic carbocycles. The summed E-state index contributed by atoms with van der Waals surface area (Å²) in [6.45, 7) is 4.29. The number of H-pyrrole nitrogens is 1. The first-order valence-electron chi connectivity index (χ1n) is 9.37. The fraction of sp³-hybridized carbons (Fsp3) is 0.350. The molecule has 0 fully saturated rings. The number of aromatic nitrogens is 2. The summed E-state index contributed by atoms with van der Waals surface area (Å²) in [6, 6.07) is 4.19. The zero-order valence-electron chi connectivity index (χ0n) is 16.4. The largest absolute Gasteiger partial charge is 0.383 e. The van der Waals surface area contributed by atoms with Crippen molar-refractivity contribution in [3.8, 4) is 0 Å². The Hall–Kier alpha value is -2.87. The molecule has 0 aliphatic heterocycles. The second-order valence-electron chi connectivity index (χ2n) is 6.46. The Morgan fingerprint density at radius 3 is 2.66 bits per heavy atom. The van der Waals surface area contributed by atoms with E-state index in [0.29, 0.717) is 19.4 Å². The van der Waals surface area contributed by atoms with Crippen LogP contribution in [0.4, 0.5) is 15.9 Å². The average molecular weight is 423 g/mol.